The minimum atomic E-state index is 0.667. The van der Waals surface area contributed by atoms with Crippen molar-refractivity contribution in [2.75, 3.05) is 0 Å². The van der Waals surface area contributed by atoms with Gasteiger partial charge in [0.05, 0.1) is 21.4 Å². The average molecular weight is 687 g/mol. The third-order valence-electron chi connectivity index (χ3n) is 9.85. The van der Waals surface area contributed by atoms with Crippen LogP contribution < -0.4 is 0 Å². The minimum Gasteiger partial charge on any atom is -0.308 e. The van der Waals surface area contributed by atoms with Crippen molar-refractivity contribution in [2.45, 2.75) is 0 Å². The number of hydrogen-bond donors (Lipinski definition) is 0. The monoisotopic (exact) mass is 686 g/mol. The molecule has 0 aliphatic rings. The number of para-hydroxylation sites is 2. The van der Waals surface area contributed by atoms with E-state index in [0.717, 1.165) is 16.7 Å². The zero-order valence-corrected chi connectivity index (χ0v) is 28.7. The van der Waals surface area contributed by atoms with Crippen LogP contribution >= 0.6 is 22.7 Å². The molecule has 0 bridgehead atoms. The summed E-state index contributed by atoms with van der Waals surface area (Å²) in [6.07, 6.45) is 0. The van der Waals surface area contributed by atoms with Crippen molar-refractivity contribution in [3.8, 4) is 39.9 Å². The van der Waals surface area contributed by atoms with Crippen molar-refractivity contribution < 1.29 is 0 Å². The number of rotatable bonds is 4. The zero-order valence-electron chi connectivity index (χ0n) is 27.1. The lowest BCUT2D eigenvalue weighted by Gasteiger charge is -2.09. The maximum atomic E-state index is 5.01. The number of thiophene rings is 2. The molecule has 11 rings (SSSR count). The average Bonchev–Trinajstić information content (AvgIpc) is 3.86. The molecular weight excluding hydrogens is 661 g/mol. The van der Waals surface area contributed by atoms with Gasteiger partial charge in [-0.05, 0) is 48.5 Å². The molecule has 0 saturated heterocycles. The Hall–Kier alpha value is -6.21. The summed E-state index contributed by atoms with van der Waals surface area (Å²) in [6.45, 7) is 0. The van der Waals surface area contributed by atoms with Crippen molar-refractivity contribution >= 4 is 84.8 Å². The minimum absolute atomic E-state index is 0.667. The van der Waals surface area contributed by atoms with E-state index >= 15 is 0 Å². The van der Waals surface area contributed by atoms with E-state index in [0.29, 0.717) is 17.5 Å². The molecule has 0 atom stereocenters. The lowest BCUT2D eigenvalue weighted by atomic mass is 10.1. The van der Waals surface area contributed by atoms with Crippen LogP contribution in [-0.2, 0) is 0 Å². The summed E-state index contributed by atoms with van der Waals surface area (Å²) < 4.78 is 7.56. The van der Waals surface area contributed by atoms with Crippen molar-refractivity contribution in [3.63, 3.8) is 0 Å². The van der Waals surface area contributed by atoms with Gasteiger partial charge in [-0.1, -0.05) is 109 Å². The first-order valence-electron chi connectivity index (χ1n) is 16.9. The van der Waals surface area contributed by atoms with Crippen molar-refractivity contribution in [1.82, 2.24) is 19.5 Å². The van der Waals surface area contributed by atoms with Crippen LogP contribution in [0.25, 0.3) is 102 Å². The fourth-order valence-corrected chi connectivity index (χ4v) is 9.82. The molecule has 7 aromatic carbocycles. The predicted octanol–water partition coefficient (Wildman–Crippen LogP) is 12.7. The molecular formula is C45H26N4S2. The first-order valence-corrected chi connectivity index (χ1v) is 18.6. The molecule has 4 nitrogen and oxygen atoms in total. The summed E-state index contributed by atoms with van der Waals surface area (Å²) in [5, 5.41) is 7.63. The molecule has 0 fully saturated rings. The molecule has 238 valence electrons. The first-order chi connectivity index (χ1) is 25.3. The van der Waals surface area contributed by atoms with Gasteiger partial charge in [0.2, 0.25) is 0 Å². The second kappa shape index (κ2) is 11.2. The molecule has 0 spiro atoms. The van der Waals surface area contributed by atoms with Crippen LogP contribution in [0.5, 0.6) is 0 Å². The SMILES string of the molecule is c1ccc(-c2nc(-c3ccccc3)nc(-c3ccc4sc5cc6c(cc5c4c3)sc3c(-n4c5ccccc5c5ccccc54)cccc36)n2)cc1. The molecule has 0 amide bonds. The van der Waals surface area contributed by atoms with E-state index in [2.05, 4.69) is 102 Å². The molecule has 0 unspecified atom stereocenters. The van der Waals surface area contributed by atoms with Gasteiger partial charge in [0, 0.05) is 63.1 Å². The van der Waals surface area contributed by atoms with E-state index in [1.807, 2.05) is 83.3 Å². The molecule has 0 saturated carbocycles. The molecule has 0 N–H and O–H groups in total. The summed E-state index contributed by atoms with van der Waals surface area (Å²) in [5.74, 6) is 2.00. The van der Waals surface area contributed by atoms with E-state index in [1.54, 1.807) is 0 Å². The number of hydrogen-bond acceptors (Lipinski definition) is 5. The highest BCUT2D eigenvalue weighted by Gasteiger charge is 2.18. The first kappa shape index (κ1) is 28.6. The van der Waals surface area contributed by atoms with Crippen LogP contribution in [-0.4, -0.2) is 19.5 Å². The topological polar surface area (TPSA) is 43.6 Å². The van der Waals surface area contributed by atoms with Crippen molar-refractivity contribution in [1.29, 1.82) is 0 Å². The number of nitrogens with zero attached hydrogens (tertiary/aromatic N) is 4. The highest BCUT2D eigenvalue weighted by Crippen LogP contribution is 2.45. The zero-order chi connectivity index (χ0) is 33.5. The van der Waals surface area contributed by atoms with Crippen LogP contribution in [0, 0.1) is 0 Å². The third-order valence-corrected chi connectivity index (χ3v) is 12.2. The maximum Gasteiger partial charge on any atom is 0.164 e. The lowest BCUT2D eigenvalue weighted by molar-refractivity contribution is 1.07. The Morgan fingerprint density at radius 1 is 0.353 bits per heavy atom. The Balaban J connectivity index is 1.10. The predicted molar refractivity (Wildman–Crippen MR) is 216 cm³/mol. The van der Waals surface area contributed by atoms with Crippen LogP contribution in [0.1, 0.15) is 0 Å². The summed E-state index contributed by atoms with van der Waals surface area (Å²) in [4.78, 5) is 14.9. The van der Waals surface area contributed by atoms with Crippen LogP contribution in [0.2, 0.25) is 0 Å². The van der Waals surface area contributed by atoms with E-state index in [4.69, 9.17) is 15.0 Å². The quantitative estimate of drug-likeness (QED) is 0.185. The molecule has 0 radical (unpaired) electrons. The summed E-state index contributed by atoms with van der Waals surface area (Å²) >= 11 is 3.73. The van der Waals surface area contributed by atoms with Crippen LogP contribution in [0.4, 0.5) is 0 Å². The number of fused-ring (bicyclic) bond motifs is 9. The Bertz CT molecular complexity index is 3030. The number of benzene rings is 7. The van der Waals surface area contributed by atoms with Crippen molar-refractivity contribution in [2.24, 2.45) is 0 Å². The molecule has 4 heterocycles. The van der Waals surface area contributed by atoms with E-state index < -0.39 is 0 Å². The summed E-state index contributed by atoms with van der Waals surface area (Å²) in [5.41, 5.74) is 6.59. The summed E-state index contributed by atoms with van der Waals surface area (Å²) in [7, 11) is 0. The Kier molecular flexibility index (Phi) is 6.26. The van der Waals surface area contributed by atoms with Crippen molar-refractivity contribution in [3.05, 3.63) is 158 Å². The highest BCUT2D eigenvalue weighted by atomic mass is 32.1. The Morgan fingerprint density at radius 3 is 1.51 bits per heavy atom. The van der Waals surface area contributed by atoms with Gasteiger partial charge < -0.3 is 4.57 Å². The van der Waals surface area contributed by atoms with Gasteiger partial charge in [-0.3, -0.25) is 0 Å². The van der Waals surface area contributed by atoms with Crippen LogP contribution in [0.15, 0.2) is 158 Å². The second-order valence-electron chi connectivity index (χ2n) is 12.8. The highest BCUT2D eigenvalue weighted by molar-refractivity contribution is 7.27. The van der Waals surface area contributed by atoms with Gasteiger partial charge in [-0.15, -0.1) is 22.7 Å². The largest absolute Gasteiger partial charge is 0.308 e. The van der Waals surface area contributed by atoms with Gasteiger partial charge in [-0.2, -0.15) is 0 Å². The van der Waals surface area contributed by atoms with Gasteiger partial charge in [-0.25, -0.2) is 15.0 Å². The summed E-state index contributed by atoms with van der Waals surface area (Å²) in [6, 6.07) is 55.9. The van der Waals surface area contributed by atoms with Gasteiger partial charge in [0.25, 0.3) is 0 Å². The molecule has 0 aliphatic carbocycles. The van der Waals surface area contributed by atoms with Crippen LogP contribution in [0.3, 0.4) is 0 Å². The van der Waals surface area contributed by atoms with Gasteiger partial charge in [0.1, 0.15) is 0 Å². The molecule has 0 aliphatic heterocycles. The van der Waals surface area contributed by atoms with Gasteiger partial charge in [0.15, 0.2) is 17.5 Å². The standard InChI is InChI=1S/C45H26N4S2/c1-3-12-27(13-4-1)43-46-44(28-14-5-2-6-15-28)48-45(47-43)29-22-23-39-33(24-29)35-26-41-34(25-40(35)50-39)32-18-11-21-38(42(32)51-41)49-36-19-9-7-16-30(36)31-17-8-10-20-37(31)49/h1-26H. The van der Waals surface area contributed by atoms with E-state index in [9.17, 15) is 0 Å². The lowest BCUT2D eigenvalue weighted by Crippen LogP contribution is -2.00. The Labute approximate surface area is 300 Å². The molecule has 4 aromatic heterocycles. The second-order valence-corrected chi connectivity index (χ2v) is 15.0. The normalized spacial score (nSPS) is 11.9. The fraction of sp³-hybridized carbons (Fsp3) is 0. The number of aromatic nitrogens is 4. The van der Waals surface area contributed by atoms with Gasteiger partial charge >= 0.3 is 0 Å². The molecule has 6 heteroatoms. The molecule has 51 heavy (non-hydrogen) atoms. The smallest absolute Gasteiger partial charge is 0.164 e. The van der Waals surface area contributed by atoms with E-state index in [1.165, 1.54) is 67.8 Å². The van der Waals surface area contributed by atoms with E-state index in [-0.39, 0.29) is 0 Å². The maximum absolute atomic E-state index is 5.01. The fourth-order valence-electron chi connectivity index (χ4n) is 7.49. The Morgan fingerprint density at radius 2 is 0.863 bits per heavy atom. The molecule has 11 aromatic rings. The third kappa shape index (κ3) is 4.47.